The Labute approximate surface area is 271 Å². The van der Waals surface area contributed by atoms with Gasteiger partial charge < -0.3 is 21.5 Å². The lowest BCUT2D eigenvalue weighted by Crippen LogP contribution is -2.30. The molecule has 0 aliphatic carbocycles. The Hall–Kier alpha value is -4.94. The molecule has 0 atom stereocenters. The molecule has 6 aromatic rings. The number of nitrogen functional groups attached to an aromatic ring is 2. The first kappa shape index (κ1) is 33.9. The molecule has 0 amide bonds. The van der Waals surface area contributed by atoms with Gasteiger partial charge in [0.25, 0.3) is 11.1 Å². The summed E-state index contributed by atoms with van der Waals surface area (Å²) in [7, 11) is -1.43. The lowest BCUT2D eigenvalue weighted by molar-refractivity contribution is 0.424. The van der Waals surface area contributed by atoms with Crippen molar-refractivity contribution < 1.29 is 10.0 Å². The molecule has 240 valence electrons. The van der Waals surface area contributed by atoms with Crippen molar-refractivity contribution in [3.63, 3.8) is 0 Å². The Kier molecular flexibility index (Phi) is 10.3. The SMILES string of the molecule is Cc1nc(N)nc2c1cc(-c1ccn[nH]1)c(=O)n2C(C)C.Cc1nc(N)nc2c1cc(Br)c(=O)n2C(C)C.OB(O)c1ccn[nH]1. The van der Waals surface area contributed by atoms with Crippen LogP contribution in [0, 0.1) is 13.8 Å². The number of aryl methyl sites for hydroxylation is 2. The number of pyridine rings is 2. The predicted octanol–water partition coefficient (Wildman–Crippen LogP) is 1.77. The minimum absolute atomic E-state index is 0.0104. The molecule has 6 rings (SSSR count). The number of fused-ring (bicyclic) bond motifs is 2. The van der Waals surface area contributed by atoms with E-state index >= 15 is 0 Å². The average molecular weight is 693 g/mol. The van der Waals surface area contributed by atoms with E-state index in [4.69, 9.17) is 21.5 Å². The molecule has 0 aromatic carbocycles. The minimum Gasteiger partial charge on any atom is -0.422 e. The van der Waals surface area contributed by atoms with Gasteiger partial charge in [-0.25, -0.2) is 9.97 Å². The number of H-pyrrole nitrogens is 2. The zero-order chi connectivity index (χ0) is 33.9. The van der Waals surface area contributed by atoms with Crippen LogP contribution in [0.4, 0.5) is 11.9 Å². The van der Waals surface area contributed by atoms with Crippen molar-refractivity contribution in [1.82, 2.24) is 49.5 Å². The highest BCUT2D eigenvalue weighted by atomic mass is 79.9. The standard InChI is InChI=1S/C14H16N6O.C11H13BrN4O.C3H5BN2O2/c1-7(2)20-12-9(8(3)17-14(15)18-12)6-10(13(20)21)11-4-5-16-19-11;1-5(2)16-9-7(4-8(12)10(16)17)6(3)14-11(13)15-9;7-4(8)3-1-2-5-6-3/h4-7H,1-3H3,(H,16,19)(H2,15,17,18);4-5H,1-3H3,(H2,13,14,15);1-2,7-8H,(H,5,6). The van der Waals surface area contributed by atoms with Gasteiger partial charge in [0.1, 0.15) is 11.3 Å². The topological polar surface area (TPSA) is 245 Å². The summed E-state index contributed by atoms with van der Waals surface area (Å²) in [5.41, 5.74) is 15.3. The molecule has 0 saturated heterocycles. The van der Waals surface area contributed by atoms with Gasteiger partial charge in [-0.3, -0.25) is 28.9 Å². The number of aromatic nitrogens is 10. The van der Waals surface area contributed by atoms with Crippen molar-refractivity contribution in [2.75, 3.05) is 11.5 Å². The Morgan fingerprint density at radius 2 is 1.28 bits per heavy atom. The third kappa shape index (κ3) is 7.14. The summed E-state index contributed by atoms with van der Waals surface area (Å²) in [5.74, 6) is 0.356. The molecule has 0 bridgehead atoms. The zero-order valence-electron chi connectivity index (χ0n) is 26.0. The highest BCUT2D eigenvalue weighted by Gasteiger charge is 2.17. The fourth-order valence-electron chi connectivity index (χ4n) is 4.68. The van der Waals surface area contributed by atoms with Crippen molar-refractivity contribution in [2.45, 2.75) is 53.6 Å². The fourth-order valence-corrected chi connectivity index (χ4v) is 5.10. The van der Waals surface area contributed by atoms with E-state index in [0.717, 1.165) is 22.2 Å². The molecule has 0 saturated carbocycles. The second-order valence-electron chi connectivity index (χ2n) is 10.8. The van der Waals surface area contributed by atoms with Gasteiger partial charge in [-0.05, 0) is 81.7 Å². The number of hydrogen-bond acceptors (Lipinski definition) is 12. The summed E-state index contributed by atoms with van der Waals surface area (Å²) in [6.45, 7) is 11.4. The van der Waals surface area contributed by atoms with Crippen LogP contribution in [0.2, 0.25) is 0 Å². The molecule has 0 aliphatic rings. The van der Waals surface area contributed by atoms with Crippen molar-refractivity contribution in [2.24, 2.45) is 0 Å². The summed E-state index contributed by atoms with van der Waals surface area (Å²) in [6.07, 6.45) is 3.07. The lowest BCUT2D eigenvalue weighted by Gasteiger charge is -2.16. The summed E-state index contributed by atoms with van der Waals surface area (Å²) in [4.78, 5) is 41.5. The van der Waals surface area contributed by atoms with Crippen LogP contribution in [0.25, 0.3) is 33.3 Å². The number of rotatable bonds is 4. The van der Waals surface area contributed by atoms with Crippen molar-refractivity contribution in [3.05, 3.63) is 73.2 Å². The second-order valence-corrected chi connectivity index (χ2v) is 11.6. The van der Waals surface area contributed by atoms with Gasteiger partial charge in [-0.15, -0.1) is 0 Å². The number of halogens is 1. The maximum absolute atomic E-state index is 12.8. The van der Waals surface area contributed by atoms with Gasteiger partial charge in [-0.2, -0.15) is 20.2 Å². The highest BCUT2D eigenvalue weighted by molar-refractivity contribution is 9.10. The third-order valence-corrected chi connectivity index (χ3v) is 7.35. The van der Waals surface area contributed by atoms with Gasteiger partial charge in [0.15, 0.2) is 0 Å². The molecule has 0 aliphatic heterocycles. The first-order chi connectivity index (χ1) is 21.7. The van der Waals surface area contributed by atoms with E-state index < -0.39 is 7.12 Å². The van der Waals surface area contributed by atoms with E-state index in [-0.39, 0.29) is 35.1 Å². The van der Waals surface area contributed by atoms with E-state index in [1.54, 1.807) is 33.5 Å². The van der Waals surface area contributed by atoms with E-state index in [2.05, 4.69) is 56.3 Å². The first-order valence-corrected chi connectivity index (χ1v) is 14.9. The van der Waals surface area contributed by atoms with Crippen LogP contribution in [0.5, 0.6) is 0 Å². The normalized spacial score (nSPS) is 11.0. The van der Waals surface area contributed by atoms with Crippen LogP contribution < -0.4 is 28.2 Å². The Morgan fingerprint density at radius 1 is 0.783 bits per heavy atom. The predicted molar refractivity (Wildman–Crippen MR) is 180 cm³/mol. The number of aromatic amines is 2. The molecule has 16 nitrogen and oxygen atoms in total. The van der Waals surface area contributed by atoms with Crippen LogP contribution in [-0.4, -0.2) is 66.6 Å². The summed E-state index contributed by atoms with van der Waals surface area (Å²) >= 11 is 3.27. The number of nitrogens with one attached hydrogen (secondary N) is 2. The van der Waals surface area contributed by atoms with Crippen LogP contribution in [-0.2, 0) is 0 Å². The molecule has 8 N–H and O–H groups in total. The number of nitrogens with zero attached hydrogens (tertiary/aromatic N) is 8. The zero-order valence-corrected chi connectivity index (χ0v) is 27.6. The number of nitrogens with two attached hydrogens (primary N) is 2. The van der Waals surface area contributed by atoms with Gasteiger partial charge in [0.05, 0.1) is 32.7 Å². The smallest absolute Gasteiger partial charge is 0.422 e. The van der Waals surface area contributed by atoms with E-state index in [1.807, 2.05) is 41.5 Å². The van der Waals surface area contributed by atoms with Crippen LogP contribution in [0.1, 0.15) is 51.2 Å². The molecule has 18 heteroatoms. The lowest BCUT2D eigenvalue weighted by atomic mass is 9.87. The molecule has 6 aromatic heterocycles. The maximum atomic E-state index is 12.8. The molecule has 46 heavy (non-hydrogen) atoms. The average Bonchev–Trinajstić information content (AvgIpc) is 3.70. The first-order valence-electron chi connectivity index (χ1n) is 14.1. The molecular formula is C28H34BBrN12O4. The number of anilines is 2. The molecule has 0 radical (unpaired) electrons. The van der Waals surface area contributed by atoms with E-state index in [1.165, 1.54) is 12.3 Å². The quantitative estimate of drug-likeness (QED) is 0.145. The van der Waals surface area contributed by atoms with Gasteiger partial charge in [0, 0.05) is 35.2 Å². The largest absolute Gasteiger partial charge is 0.507 e. The highest BCUT2D eigenvalue weighted by Crippen LogP contribution is 2.23. The second kappa shape index (κ2) is 14.0. The molecule has 0 spiro atoms. The fraction of sp³-hybridized carbons (Fsp3) is 0.286. The summed E-state index contributed by atoms with van der Waals surface area (Å²) in [6, 6.07) is 6.75. The van der Waals surface area contributed by atoms with Crippen LogP contribution >= 0.6 is 15.9 Å². The molecular weight excluding hydrogens is 659 g/mol. The van der Waals surface area contributed by atoms with Crippen molar-refractivity contribution in [1.29, 1.82) is 0 Å². The van der Waals surface area contributed by atoms with Gasteiger partial charge >= 0.3 is 7.12 Å². The Morgan fingerprint density at radius 3 is 1.72 bits per heavy atom. The van der Waals surface area contributed by atoms with Crippen LogP contribution in [0.15, 0.2) is 50.7 Å². The number of hydrogen-bond donors (Lipinski definition) is 6. The van der Waals surface area contributed by atoms with E-state index in [0.29, 0.717) is 32.6 Å². The molecule has 0 unspecified atom stereocenters. The molecule has 0 fully saturated rings. The van der Waals surface area contributed by atoms with Crippen LogP contribution in [0.3, 0.4) is 0 Å². The summed E-state index contributed by atoms with van der Waals surface area (Å²) in [5, 5.41) is 31.1. The Bertz CT molecular complexity index is 2090. The van der Waals surface area contributed by atoms with Crippen molar-refractivity contribution >= 4 is 62.6 Å². The minimum atomic E-state index is -1.43. The third-order valence-electron chi connectivity index (χ3n) is 6.78. The van der Waals surface area contributed by atoms with Crippen molar-refractivity contribution in [3.8, 4) is 11.3 Å². The maximum Gasteiger partial charge on any atom is 0.507 e. The monoisotopic (exact) mass is 692 g/mol. The Balaban J connectivity index is 0.000000172. The van der Waals surface area contributed by atoms with E-state index in [9.17, 15) is 9.59 Å². The summed E-state index contributed by atoms with van der Waals surface area (Å²) < 4.78 is 3.76. The molecule has 6 heterocycles. The van der Waals surface area contributed by atoms with Gasteiger partial charge in [0.2, 0.25) is 11.9 Å². The van der Waals surface area contributed by atoms with Gasteiger partial charge in [-0.1, -0.05) is 0 Å².